The number of piperazine rings is 1. The van der Waals surface area contributed by atoms with Crippen LogP contribution in [0.2, 0.25) is 0 Å². The van der Waals surface area contributed by atoms with Gasteiger partial charge in [0.15, 0.2) is 0 Å². The van der Waals surface area contributed by atoms with E-state index in [0.717, 1.165) is 0 Å². The van der Waals surface area contributed by atoms with Crippen molar-refractivity contribution in [1.82, 2.24) is 9.80 Å². The van der Waals surface area contributed by atoms with E-state index in [-0.39, 0.29) is 5.91 Å². The molecular formula is C10H18N2O3. The van der Waals surface area contributed by atoms with Gasteiger partial charge in [-0.3, -0.25) is 9.69 Å². The Morgan fingerprint density at radius 2 is 2.00 bits per heavy atom. The molecule has 0 spiro atoms. The minimum atomic E-state index is -0.940. The molecule has 1 saturated heterocycles. The molecule has 1 aliphatic rings. The lowest BCUT2D eigenvalue weighted by atomic mass is 10.00. The molecule has 0 aromatic carbocycles. The number of aliphatic carboxylic acids is 1. The van der Waals surface area contributed by atoms with Gasteiger partial charge in [-0.05, 0) is 27.8 Å². The number of hydrogen-bond donors (Lipinski definition) is 1. The van der Waals surface area contributed by atoms with Crippen LogP contribution in [0.5, 0.6) is 0 Å². The Labute approximate surface area is 89.7 Å². The Hall–Kier alpha value is -1.10. The highest BCUT2D eigenvalue weighted by molar-refractivity contribution is 5.87. The smallest absolute Gasteiger partial charge is 0.327 e. The quantitative estimate of drug-likeness (QED) is 0.668. The number of likely N-dealkylation sites (N-methyl/N-ethyl adjacent to an activating group) is 1. The highest BCUT2D eigenvalue weighted by atomic mass is 16.4. The van der Waals surface area contributed by atoms with Gasteiger partial charge in [0, 0.05) is 12.1 Å². The van der Waals surface area contributed by atoms with Gasteiger partial charge < -0.3 is 10.0 Å². The lowest BCUT2D eigenvalue weighted by Gasteiger charge is -2.45. The molecule has 5 nitrogen and oxygen atoms in total. The highest BCUT2D eigenvalue weighted by Gasteiger charge is 2.41. The molecule has 1 aliphatic heterocycles. The average Bonchev–Trinajstić information content (AvgIpc) is 1.99. The zero-order valence-corrected chi connectivity index (χ0v) is 9.65. The average molecular weight is 214 g/mol. The third-order valence-electron chi connectivity index (χ3n) is 2.48. The number of carboxylic acids is 1. The van der Waals surface area contributed by atoms with E-state index in [0.29, 0.717) is 13.1 Å². The van der Waals surface area contributed by atoms with Crippen molar-refractivity contribution in [3.63, 3.8) is 0 Å². The summed E-state index contributed by atoms with van der Waals surface area (Å²) in [7, 11) is 1.76. The molecular weight excluding hydrogens is 196 g/mol. The molecule has 86 valence electrons. The van der Waals surface area contributed by atoms with Gasteiger partial charge in [-0.1, -0.05) is 0 Å². The van der Waals surface area contributed by atoms with E-state index in [1.54, 1.807) is 11.9 Å². The standard InChI is InChI=1S/C10H18N2O3/c1-10(2,3)12-7(9(14)15)5-11(4)6-8(12)13/h7H,5-6H2,1-4H3,(H,14,15). The maximum absolute atomic E-state index is 11.8. The Morgan fingerprint density at radius 3 is 2.40 bits per heavy atom. The van der Waals surface area contributed by atoms with Gasteiger partial charge in [0.1, 0.15) is 6.04 Å². The largest absolute Gasteiger partial charge is 0.480 e. The van der Waals surface area contributed by atoms with Gasteiger partial charge in [-0.2, -0.15) is 0 Å². The van der Waals surface area contributed by atoms with Gasteiger partial charge in [0.2, 0.25) is 5.91 Å². The van der Waals surface area contributed by atoms with E-state index >= 15 is 0 Å². The maximum atomic E-state index is 11.8. The first-order chi connectivity index (χ1) is 6.73. The van der Waals surface area contributed by atoms with Crippen LogP contribution in [0.1, 0.15) is 20.8 Å². The molecule has 1 atom stereocenters. The van der Waals surface area contributed by atoms with Crippen molar-refractivity contribution in [2.75, 3.05) is 20.1 Å². The van der Waals surface area contributed by atoms with Crippen LogP contribution in [-0.2, 0) is 9.59 Å². The lowest BCUT2D eigenvalue weighted by molar-refractivity contribution is -0.161. The summed E-state index contributed by atoms with van der Waals surface area (Å²) in [5.74, 6) is -1.06. The molecule has 0 radical (unpaired) electrons. The van der Waals surface area contributed by atoms with E-state index in [1.807, 2.05) is 20.8 Å². The fourth-order valence-corrected chi connectivity index (χ4v) is 1.95. The summed E-state index contributed by atoms with van der Waals surface area (Å²) in [6.45, 7) is 6.24. The zero-order chi connectivity index (χ0) is 11.8. The van der Waals surface area contributed by atoms with Crippen LogP contribution in [0.15, 0.2) is 0 Å². The first kappa shape index (κ1) is 12.0. The topological polar surface area (TPSA) is 60.9 Å². The number of carboxylic acid groups (broad SMARTS) is 1. The predicted molar refractivity (Wildman–Crippen MR) is 55.5 cm³/mol. The van der Waals surface area contributed by atoms with Crippen molar-refractivity contribution in [2.45, 2.75) is 32.4 Å². The lowest BCUT2D eigenvalue weighted by Crippen LogP contribution is -2.63. The van der Waals surface area contributed by atoms with Crippen LogP contribution >= 0.6 is 0 Å². The molecule has 5 heteroatoms. The van der Waals surface area contributed by atoms with Gasteiger partial charge in [0.05, 0.1) is 6.54 Å². The van der Waals surface area contributed by atoms with Crippen molar-refractivity contribution in [3.8, 4) is 0 Å². The Balaban J connectivity index is 2.98. The molecule has 0 aromatic heterocycles. The number of hydrogen-bond acceptors (Lipinski definition) is 3. The zero-order valence-electron chi connectivity index (χ0n) is 9.65. The summed E-state index contributed by atoms with van der Waals surface area (Å²) < 4.78 is 0. The second-order valence-electron chi connectivity index (χ2n) is 4.99. The number of carbonyl (C=O) groups excluding carboxylic acids is 1. The second-order valence-corrected chi connectivity index (χ2v) is 4.99. The van der Waals surface area contributed by atoms with Crippen molar-refractivity contribution in [3.05, 3.63) is 0 Å². The number of carbonyl (C=O) groups is 2. The van der Waals surface area contributed by atoms with Gasteiger partial charge in [-0.15, -0.1) is 0 Å². The summed E-state index contributed by atoms with van der Waals surface area (Å²) in [6.07, 6.45) is 0. The molecule has 1 heterocycles. The van der Waals surface area contributed by atoms with E-state index in [2.05, 4.69) is 0 Å². The molecule has 0 saturated carbocycles. The summed E-state index contributed by atoms with van der Waals surface area (Å²) in [4.78, 5) is 26.1. The molecule has 1 unspecified atom stereocenters. The van der Waals surface area contributed by atoms with Crippen molar-refractivity contribution >= 4 is 11.9 Å². The SMILES string of the molecule is CN1CC(=O)N(C(C)(C)C)C(C(=O)O)C1. The highest BCUT2D eigenvalue weighted by Crippen LogP contribution is 2.21. The van der Waals surface area contributed by atoms with E-state index < -0.39 is 17.6 Å². The van der Waals surface area contributed by atoms with Gasteiger partial charge in [0.25, 0.3) is 0 Å². The predicted octanol–water partition coefficient (Wildman–Crippen LogP) is 0.0121. The summed E-state index contributed by atoms with van der Waals surface area (Å²) in [5.41, 5.74) is -0.443. The van der Waals surface area contributed by atoms with Crippen LogP contribution < -0.4 is 0 Å². The Morgan fingerprint density at radius 1 is 1.47 bits per heavy atom. The van der Waals surface area contributed by atoms with Gasteiger partial charge >= 0.3 is 5.97 Å². The van der Waals surface area contributed by atoms with Crippen LogP contribution in [0.25, 0.3) is 0 Å². The first-order valence-electron chi connectivity index (χ1n) is 4.97. The molecule has 0 aromatic rings. The van der Waals surface area contributed by atoms with Crippen LogP contribution in [-0.4, -0.2) is 58.5 Å². The summed E-state index contributed by atoms with van der Waals surface area (Å²) in [6, 6.07) is -0.740. The third-order valence-corrected chi connectivity index (χ3v) is 2.48. The fraction of sp³-hybridized carbons (Fsp3) is 0.800. The maximum Gasteiger partial charge on any atom is 0.327 e. The summed E-state index contributed by atoms with van der Waals surface area (Å²) in [5, 5.41) is 9.09. The molecule has 1 rings (SSSR count). The van der Waals surface area contributed by atoms with Crippen molar-refractivity contribution < 1.29 is 14.7 Å². The first-order valence-corrected chi connectivity index (χ1v) is 4.97. The Kier molecular flexibility index (Phi) is 3.04. The molecule has 15 heavy (non-hydrogen) atoms. The number of amides is 1. The molecule has 0 bridgehead atoms. The van der Waals surface area contributed by atoms with Crippen molar-refractivity contribution in [2.24, 2.45) is 0 Å². The van der Waals surface area contributed by atoms with Crippen molar-refractivity contribution in [1.29, 1.82) is 0 Å². The normalized spacial score (nSPS) is 24.4. The second kappa shape index (κ2) is 3.81. The minimum absolute atomic E-state index is 0.122. The van der Waals surface area contributed by atoms with Crippen LogP contribution in [0, 0.1) is 0 Å². The molecule has 1 amide bonds. The minimum Gasteiger partial charge on any atom is -0.480 e. The molecule has 0 aliphatic carbocycles. The number of rotatable bonds is 1. The summed E-state index contributed by atoms with van der Waals surface area (Å²) >= 11 is 0. The fourth-order valence-electron chi connectivity index (χ4n) is 1.95. The van der Waals surface area contributed by atoms with Gasteiger partial charge in [-0.25, -0.2) is 4.79 Å². The van der Waals surface area contributed by atoms with Crippen LogP contribution in [0.3, 0.4) is 0 Å². The van der Waals surface area contributed by atoms with E-state index in [1.165, 1.54) is 4.90 Å². The monoisotopic (exact) mass is 214 g/mol. The Bertz CT molecular complexity index is 283. The third kappa shape index (κ3) is 2.47. The van der Waals surface area contributed by atoms with Crippen LogP contribution in [0.4, 0.5) is 0 Å². The number of nitrogens with zero attached hydrogens (tertiary/aromatic N) is 2. The molecule has 1 fully saturated rings. The molecule has 1 N–H and O–H groups in total. The van der Waals surface area contributed by atoms with E-state index in [4.69, 9.17) is 5.11 Å². The van der Waals surface area contributed by atoms with E-state index in [9.17, 15) is 9.59 Å².